The number of allylic oxidation sites excluding steroid dienone is 7. The van der Waals surface area contributed by atoms with Gasteiger partial charge in [-0.25, -0.2) is 0 Å². The van der Waals surface area contributed by atoms with Crippen molar-refractivity contribution in [3.63, 3.8) is 0 Å². The van der Waals surface area contributed by atoms with Crippen molar-refractivity contribution >= 4 is 0 Å². The largest absolute Gasteiger partial charge is 0.0992 e. The van der Waals surface area contributed by atoms with Gasteiger partial charge in [-0.2, -0.15) is 0 Å². The smallest absolute Gasteiger partial charge is 0.00804 e. The van der Waals surface area contributed by atoms with E-state index in [1.165, 1.54) is 28.2 Å². The first-order chi connectivity index (χ1) is 9.56. The van der Waals surface area contributed by atoms with E-state index in [9.17, 15) is 0 Å². The third-order valence-corrected chi connectivity index (χ3v) is 4.24. The Balaban J connectivity index is 2.07. The number of rotatable bonds is 0. The van der Waals surface area contributed by atoms with Gasteiger partial charge in [-0.05, 0) is 71.6 Å². The van der Waals surface area contributed by atoms with Crippen LogP contribution in [-0.2, 0) is 0 Å². The molecule has 0 heterocycles. The van der Waals surface area contributed by atoms with E-state index in [4.69, 9.17) is 0 Å². The van der Waals surface area contributed by atoms with Crippen LogP contribution in [-0.4, -0.2) is 0 Å². The van der Waals surface area contributed by atoms with Crippen molar-refractivity contribution in [2.45, 2.75) is 46.5 Å². The Labute approximate surface area is 125 Å². The average Bonchev–Trinajstić information content (AvgIpc) is 2.37. The molecule has 0 aromatic carbocycles. The van der Waals surface area contributed by atoms with Crippen molar-refractivity contribution in [2.24, 2.45) is 5.92 Å². The molecule has 0 N–H and O–H groups in total. The molecule has 2 rings (SSSR count). The lowest BCUT2D eigenvalue weighted by Gasteiger charge is -2.38. The molecule has 0 nitrogen and oxygen atoms in total. The molecule has 2 aliphatic rings. The minimum atomic E-state index is 0.613. The number of hydrogen-bond donors (Lipinski definition) is 0. The maximum absolute atomic E-state index is 4.17. The second-order valence-electron chi connectivity index (χ2n) is 6.03. The van der Waals surface area contributed by atoms with Gasteiger partial charge in [0.2, 0.25) is 0 Å². The lowest BCUT2D eigenvalue weighted by Crippen LogP contribution is -2.26. The van der Waals surface area contributed by atoms with Gasteiger partial charge >= 0.3 is 0 Å². The van der Waals surface area contributed by atoms with Crippen molar-refractivity contribution in [1.82, 2.24) is 0 Å². The third-order valence-electron chi connectivity index (χ3n) is 4.24. The van der Waals surface area contributed by atoms with Crippen molar-refractivity contribution < 1.29 is 0 Å². The highest BCUT2D eigenvalue weighted by Gasteiger charge is 2.34. The molecule has 0 amide bonds. The Morgan fingerprint density at radius 1 is 0.900 bits per heavy atom. The Morgan fingerprint density at radius 3 is 2.15 bits per heavy atom. The first-order valence-electron chi connectivity index (χ1n) is 7.61. The van der Waals surface area contributed by atoms with Crippen molar-refractivity contribution in [3.05, 3.63) is 72.3 Å². The molecule has 0 heteroatoms. The summed E-state index contributed by atoms with van der Waals surface area (Å²) in [6.07, 6.45) is 18.3. The average molecular weight is 266 g/mol. The van der Waals surface area contributed by atoms with Crippen LogP contribution in [0.1, 0.15) is 46.5 Å². The van der Waals surface area contributed by atoms with Crippen LogP contribution in [0, 0.1) is 31.1 Å². The maximum Gasteiger partial charge on any atom is 0.00804 e. The van der Waals surface area contributed by atoms with Crippen LogP contribution < -0.4 is 0 Å². The fourth-order valence-electron chi connectivity index (χ4n) is 2.79. The quantitative estimate of drug-likeness (QED) is 0.522. The molecule has 1 atom stereocenters. The first-order valence-corrected chi connectivity index (χ1v) is 7.61. The standard InChI is InChI=1S/C20H26/c1-15-7-5-9-16(2)11-12-20-18(4)14-19(20)13-17(3)10-6-8-15/h7-11,13,19H,4-6,12,14H2,1-3H3/b15-7+,16-11-,17-10-. The Kier molecular flexibility index (Phi) is 5.46. The molecule has 106 valence electrons. The van der Waals surface area contributed by atoms with Crippen molar-refractivity contribution in [3.8, 4) is 0 Å². The SMILES string of the molecule is C=C1CC2[CH]/C(C)=C\C[CH]/C(C)=C/C[CH]/C(C)=C\C[C]12. The molecule has 2 aliphatic carbocycles. The van der Waals surface area contributed by atoms with Crippen LogP contribution in [0.3, 0.4) is 0 Å². The molecule has 0 aromatic rings. The van der Waals surface area contributed by atoms with Crippen LogP contribution in [0.15, 0.2) is 47.1 Å². The van der Waals surface area contributed by atoms with Gasteiger partial charge in [-0.3, -0.25) is 0 Å². The molecule has 4 radical (unpaired) electrons. The molecule has 0 spiro atoms. The molecule has 1 saturated carbocycles. The molecule has 0 bridgehead atoms. The minimum absolute atomic E-state index is 0.613. The Hall–Kier alpha value is -1.04. The van der Waals surface area contributed by atoms with Crippen molar-refractivity contribution in [2.75, 3.05) is 0 Å². The summed E-state index contributed by atoms with van der Waals surface area (Å²) >= 11 is 0. The zero-order valence-corrected chi connectivity index (χ0v) is 13.1. The summed E-state index contributed by atoms with van der Waals surface area (Å²) in [4.78, 5) is 0. The second-order valence-corrected chi connectivity index (χ2v) is 6.03. The number of fused-ring (bicyclic) bond motifs is 1. The van der Waals surface area contributed by atoms with Gasteiger partial charge in [0.05, 0.1) is 0 Å². The molecule has 0 aliphatic heterocycles. The summed E-state index contributed by atoms with van der Waals surface area (Å²) in [5.74, 6) is 2.14. The van der Waals surface area contributed by atoms with E-state index in [2.05, 4.69) is 64.8 Å². The normalized spacial score (nSPS) is 34.5. The van der Waals surface area contributed by atoms with Gasteiger partial charge in [0.15, 0.2) is 0 Å². The van der Waals surface area contributed by atoms with E-state index in [1.807, 2.05) is 0 Å². The van der Waals surface area contributed by atoms with E-state index in [1.54, 1.807) is 0 Å². The summed E-state index contributed by atoms with van der Waals surface area (Å²) in [6, 6.07) is 0. The van der Waals surface area contributed by atoms with Gasteiger partial charge < -0.3 is 0 Å². The fourth-order valence-corrected chi connectivity index (χ4v) is 2.79. The van der Waals surface area contributed by atoms with Crippen LogP contribution in [0.25, 0.3) is 0 Å². The van der Waals surface area contributed by atoms with E-state index in [0.717, 1.165) is 25.7 Å². The van der Waals surface area contributed by atoms with Gasteiger partial charge in [-0.1, -0.05) is 47.1 Å². The monoisotopic (exact) mass is 266 g/mol. The molecular formula is C20H26. The third kappa shape index (κ3) is 4.23. The second kappa shape index (κ2) is 7.11. The molecule has 0 saturated heterocycles. The summed E-state index contributed by atoms with van der Waals surface area (Å²) in [7, 11) is 0. The van der Waals surface area contributed by atoms with Crippen LogP contribution in [0.2, 0.25) is 0 Å². The van der Waals surface area contributed by atoms with Crippen LogP contribution in [0.5, 0.6) is 0 Å². The summed E-state index contributed by atoms with van der Waals surface area (Å²) in [6.45, 7) is 10.8. The topological polar surface area (TPSA) is 0 Å². The number of hydrogen-bond acceptors (Lipinski definition) is 0. The van der Waals surface area contributed by atoms with Crippen LogP contribution >= 0.6 is 0 Å². The molecule has 20 heavy (non-hydrogen) atoms. The van der Waals surface area contributed by atoms with E-state index in [0.29, 0.717) is 5.92 Å². The Morgan fingerprint density at radius 2 is 1.50 bits per heavy atom. The van der Waals surface area contributed by atoms with Gasteiger partial charge in [0.1, 0.15) is 0 Å². The van der Waals surface area contributed by atoms with E-state index in [-0.39, 0.29) is 0 Å². The highest BCUT2D eigenvalue weighted by molar-refractivity contribution is 5.41. The summed E-state index contributed by atoms with van der Waals surface area (Å²) in [5.41, 5.74) is 5.50. The molecule has 1 unspecified atom stereocenters. The van der Waals surface area contributed by atoms with Crippen molar-refractivity contribution in [1.29, 1.82) is 0 Å². The summed E-state index contributed by atoms with van der Waals surface area (Å²) < 4.78 is 0. The van der Waals surface area contributed by atoms with Crippen LogP contribution in [0.4, 0.5) is 0 Å². The van der Waals surface area contributed by atoms with Gasteiger partial charge in [0, 0.05) is 5.92 Å². The predicted octanol–water partition coefficient (Wildman–Crippen LogP) is 5.77. The minimum Gasteiger partial charge on any atom is -0.0992 e. The van der Waals surface area contributed by atoms with E-state index < -0.39 is 0 Å². The highest BCUT2D eigenvalue weighted by atomic mass is 14.4. The van der Waals surface area contributed by atoms with Gasteiger partial charge in [0.25, 0.3) is 0 Å². The maximum atomic E-state index is 4.17. The Bertz CT molecular complexity index is 445. The molecular weight excluding hydrogens is 240 g/mol. The lowest BCUT2D eigenvalue weighted by atomic mass is 9.66. The van der Waals surface area contributed by atoms with E-state index >= 15 is 0 Å². The molecule has 0 aromatic heterocycles. The zero-order valence-electron chi connectivity index (χ0n) is 13.1. The highest BCUT2D eigenvalue weighted by Crippen LogP contribution is 2.46. The summed E-state index contributed by atoms with van der Waals surface area (Å²) in [5, 5.41) is 0. The van der Waals surface area contributed by atoms with Gasteiger partial charge in [-0.15, -0.1) is 0 Å². The lowest BCUT2D eigenvalue weighted by molar-refractivity contribution is 0.513. The first kappa shape index (κ1) is 15.4. The fraction of sp³-hybridized carbons (Fsp3) is 0.400. The molecule has 1 fully saturated rings. The predicted molar refractivity (Wildman–Crippen MR) is 88.5 cm³/mol. The zero-order chi connectivity index (χ0) is 14.5.